The van der Waals surface area contributed by atoms with Crippen LogP contribution in [0.1, 0.15) is 604 Å². The highest BCUT2D eigenvalue weighted by molar-refractivity contribution is 5.17. The first kappa shape index (κ1) is 107. The van der Waals surface area contributed by atoms with Crippen LogP contribution in [0.4, 0.5) is 0 Å². The van der Waals surface area contributed by atoms with Crippen molar-refractivity contribution in [2.24, 2.45) is 213 Å². The minimum Gasteiger partial charge on any atom is -0.0880 e. The van der Waals surface area contributed by atoms with Crippen LogP contribution < -0.4 is 0 Å². The van der Waals surface area contributed by atoms with Crippen LogP contribution in [0.5, 0.6) is 0 Å². The minimum atomic E-state index is 0.792. The van der Waals surface area contributed by atoms with Gasteiger partial charge in [0.15, 0.2) is 0 Å². The largest absolute Gasteiger partial charge is 0.0880 e. The summed E-state index contributed by atoms with van der Waals surface area (Å²) in [5.41, 5.74) is 0. The highest BCUT2D eigenvalue weighted by Gasteiger charge is 2.44. The number of fused-ring (bicyclic) bond motifs is 36. The highest BCUT2D eigenvalue weighted by atomic mass is 14.5. The van der Waals surface area contributed by atoms with Gasteiger partial charge in [-0.1, -0.05) is 491 Å². The molecule has 45 rings (SSSR count). The van der Waals surface area contributed by atoms with Gasteiger partial charge in [0.25, 0.3) is 0 Å². The second kappa shape index (κ2) is 58.0. The van der Waals surface area contributed by atoms with Gasteiger partial charge in [-0.3, -0.25) is 0 Å². The molecule has 794 valence electrons. The molecule has 0 nitrogen and oxygen atoms in total. The molecular weight excluding hydrogens is 1680 g/mol. The van der Waals surface area contributed by atoms with E-state index in [2.05, 4.69) is 60.8 Å². The predicted molar refractivity (Wildman–Crippen MR) is 605 cm³/mol. The first-order valence-corrected chi connectivity index (χ1v) is 67.5. The molecule has 8 unspecified atom stereocenters. The van der Waals surface area contributed by atoms with E-state index in [0.717, 1.165) is 142 Å². The van der Waals surface area contributed by atoms with Gasteiger partial charge >= 0.3 is 0 Å². The van der Waals surface area contributed by atoms with Gasteiger partial charge in [0.2, 0.25) is 0 Å². The number of allylic oxidation sites excluding steroid dienone is 10. The first-order valence-electron chi connectivity index (χ1n) is 67.5. The third-order valence-electron chi connectivity index (χ3n) is 48.3. The van der Waals surface area contributed by atoms with Crippen molar-refractivity contribution in [1.29, 1.82) is 0 Å². The summed E-state index contributed by atoms with van der Waals surface area (Å²) in [6.45, 7) is 0. The van der Waals surface area contributed by atoms with E-state index in [1.165, 1.54) is 244 Å². The number of hydrogen-bond donors (Lipinski definition) is 0. The second-order valence-electron chi connectivity index (χ2n) is 59.2. The molecule has 0 aromatic rings. The Labute approximate surface area is 871 Å². The number of rotatable bonds is 0. The third kappa shape index (κ3) is 35.9. The minimum absolute atomic E-state index is 0.792. The normalized spacial score (nSPS) is 45.0. The molecule has 8 atom stereocenters. The lowest BCUT2D eigenvalue weighted by molar-refractivity contribution is 0.0197. The van der Waals surface area contributed by atoms with Crippen LogP contribution in [0.2, 0.25) is 0 Å². The van der Waals surface area contributed by atoms with Crippen molar-refractivity contribution in [2.45, 2.75) is 604 Å². The van der Waals surface area contributed by atoms with E-state index in [9.17, 15) is 0 Å². The van der Waals surface area contributed by atoms with Gasteiger partial charge < -0.3 is 0 Å². The molecule has 36 bridgehead atoms. The summed E-state index contributed by atoms with van der Waals surface area (Å²) in [4.78, 5) is 0. The Morgan fingerprint density at radius 1 is 0.0857 bits per heavy atom. The summed E-state index contributed by atoms with van der Waals surface area (Å²) >= 11 is 0. The van der Waals surface area contributed by atoms with Gasteiger partial charge in [0.05, 0.1) is 0 Å². The van der Waals surface area contributed by atoms with Crippen molar-refractivity contribution >= 4 is 0 Å². The molecule has 0 aliphatic heterocycles. The van der Waals surface area contributed by atoms with Crippen molar-refractivity contribution in [3.63, 3.8) is 0 Å². The molecule has 0 aromatic heterocycles. The van der Waals surface area contributed by atoms with Gasteiger partial charge in [-0.15, -0.1) is 0 Å². The lowest BCUT2D eigenvalue weighted by Crippen LogP contribution is -2.38. The molecule has 37 fully saturated rings. The molecule has 0 radical (unpaired) electrons. The predicted octanol–water partition coefficient (Wildman–Crippen LogP) is 43.9. The van der Waals surface area contributed by atoms with Gasteiger partial charge in [0, 0.05) is 0 Å². The Bertz CT molecular complexity index is 3140. The maximum atomic E-state index is 2.38. The first-order chi connectivity index (χ1) is 69.1. The average Bonchev–Trinajstić information content (AvgIpc) is 1.32. The summed E-state index contributed by atoms with van der Waals surface area (Å²) in [6, 6.07) is 0. The summed E-state index contributed by atoms with van der Waals surface area (Å²) in [7, 11) is 0. The van der Waals surface area contributed by atoms with Crippen LogP contribution in [0, 0.1) is 213 Å². The fourth-order valence-corrected chi connectivity index (χ4v) is 38.6. The molecule has 0 heterocycles. The Balaban J connectivity index is 0.0000000950. The second-order valence-corrected chi connectivity index (χ2v) is 59.2. The maximum absolute atomic E-state index is 2.38. The van der Waals surface area contributed by atoms with Gasteiger partial charge in [-0.2, -0.15) is 0 Å². The van der Waals surface area contributed by atoms with Crippen LogP contribution in [0.15, 0.2) is 60.8 Å². The smallest absolute Gasteiger partial charge is 0.00527 e. The van der Waals surface area contributed by atoms with Gasteiger partial charge in [-0.05, 0) is 386 Å². The molecule has 0 amide bonds. The van der Waals surface area contributed by atoms with E-state index in [0.29, 0.717) is 0 Å². The molecule has 0 spiro atoms. The molecule has 45 aliphatic rings. The van der Waals surface area contributed by atoms with Gasteiger partial charge in [0.1, 0.15) is 0 Å². The molecule has 0 aromatic carbocycles. The summed E-state index contributed by atoms with van der Waals surface area (Å²) in [5, 5.41) is 0. The van der Waals surface area contributed by atoms with E-state index in [-0.39, 0.29) is 0 Å². The van der Waals surface area contributed by atoms with Crippen LogP contribution in [-0.2, 0) is 0 Å². The summed E-state index contributed by atoms with van der Waals surface area (Å²) in [5.74, 6) is 40.1. The van der Waals surface area contributed by atoms with Crippen molar-refractivity contribution in [2.75, 3.05) is 0 Å². The molecule has 140 heavy (non-hydrogen) atoms. The fraction of sp³-hybridized carbons (Fsp3) is 0.929. The molecule has 0 saturated heterocycles. The third-order valence-corrected chi connectivity index (χ3v) is 48.3. The molecule has 37 saturated carbocycles. The SMILES string of the molecule is C1=CC2C=CC1CC2.C1=CC2CC(C1)C2.C1=CC2CC1C2.C1=CC2CCC1C2.C1C2CC1C2.C1C2CC3CC1CC(C2)C3.C1CC2CC(C1)C2.C1CC2CC1C2.C1CC2CCC(C1)C2.C1CC2CCC1C2.C1CC2CCC1CC2.C1CC2CCCC(C1)C2.C1CC2CCCC(C1)CC2.C1CCC2CCC(C1)C2.C1CCC2CCC(C1)CC2.C1CCC2CCCC(C1)CC2.C1CCC2CCCC(C1)CCC2. The quantitative estimate of drug-likeness (QED) is 0.212. The molecule has 0 heteroatoms. The van der Waals surface area contributed by atoms with Crippen LogP contribution >= 0.6 is 0 Å². The van der Waals surface area contributed by atoms with Gasteiger partial charge in [-0.25, -0.2) is 0 Å². The zero-order valence-corrected chi connectivity index (χ0v) is 93.0. The standard InChI is InChI=1S/C12H22.C11H20.C10H16.2C10H18.2C9H16.C8H14.C8H10.C8H14.C7H12.C7H10.C7H12.C7H10.C6H10.C6H8.C5H8/c1-2-6-12-9-3-7-11(5-1)8-4-10-12;1-2-5-11-7-3-6-10(4-1)8-9-11;1-7-2-9-4-8(1)5-10(3-7)6-9;1-3-9-5-2-6-10(4-1)8-7-9;1-2-4-10-7-5-9(3-1)6-8-10;1-3-8-5-2-6-9(4-1)7-8;1-2-4-9-6-5-8(3-1)7-9;2*1-2-8-5-3-7(1)4-6-8;1-2-7-4-5-8(3-1)6-7;2*1-2-7-4-3-6(1)5-7;2*1-2-6-4-7(3-1)5-6;2*1-2-6-3-5(1)4-6;1-4-2-5(1)3-4/h11-12H,1-10H2;10-11H,1-9H2;7-10H,1-6H2;2*9-10H,1-8H2;2*8-9H,1-7H2;7-8H,1-6H2;1-3,5,7-8H,4,6H2;7-8H,1-6H2;6-7H,1-5H2;1-2,6-7H,3-5H2;6-7H,1-5H2;1-2,6-7H,3-5H2;5-6H,1-4H2;1-2,5-6H,3-4H2;4-5H,1-3H2. The monoisotopic (exact) mass is 1920 g/mol. The van der Waals surface area contributed by atoms with E-state index in [1.54, 1.807) is 430 Å². The summed E-state index contributed by atoms with van der Waals surface area (Å²) < 4.78 is 0. The lowest BCUT2D eigenvalue weighted by Gasteiger charge is -2.49. The van der Waals surface area contributed by atoms with Crippen molar-refractivity contribution in [3.05, 3.63) is 60.8 Å². The Morgan fingerprint density at radius 2 is 0.243 bits per heavy atom. The Hall–Kier alpha value is -1.30. The molecule has 0 N–H and O–H groups in total. The lowest BCUT2D eigenvalue weighted by atomic mass is 9.56. The van der Waals surface area contributed by atoms with E-state index in [1.807, 2.05) is 0 Å². The van der Waals surface area contributed by atoms with Crippen molar-refractivity contribution < 1.29 is 0 Å². The topological polar surface area (TPSA) is 0 Å². The molecular formula is C140H234. The maximum Gasteiger partial charge on any atom is -0.00527 e. The number of hydrogen-bond acceptors (Lipinski definition) is 0. The molecule has 45 aliphatic carbocycles. The van der Waals surface area contributed by atoms with Crippen LogP contribution in [0.3, 0.4) is 0 Å². The zero-order chi connectivity index (χ0) is 94.3. The van der Waals surface area contributed by atoms with Crippen LogP contribution in [0.25, 0.3) is 0 Å². The van der Waals surface area contributed by atoms with Crippen molar-refractivity contribution in [3.8, 4) is 0 Å². The summed E-state index contributed by atoms with van der Waals surface area (Å²) in [6.07, 6.45) is 169. The zero-order valence-electron chi connectivity index (χ0n) is 93.0. The van der Waals surface area contributed by atoms with E-state index < -0.39 is 0 Å². The fourth-order valence-electron chi connectivity index (χ4n) is 38.6. The Morgan fingerprint density at radius 3 is 0.400 bits per heavy atom. The average molecular weight is 1920 g/mol. The Kier molecular flexibility index (Phi) is 44.3. The van der Waals surface area contributed by atoms with Crippen LogP contribution in [-0.4, -0.2) is 0 Å². The van der Waals surface area contributed by atoms with E-state index >= 15 is 0 Å². The van der Waals surface area contributed by atoms with E-state index in [4.69, 9.17) is 0 Å². The van der Waals surface area contributed by atoms with Crippen molar-refractivity contribution in [1.82, 2.24) is 0 Å². The highest BCUT2D eigenvalue weighted by Crippen LogP contribution is 2.57.